The van der Waals surface area contributed by atoms with Crippen molar-refractivity contribution in [1.29, 1.82) is 0 Å². The van der Waals surface area contributed by atoms with Crippen LogP contribution < -0.4 is 4.74 Å². The van der Waals surface area contributed by atoms with Crippen LogP contribution in [0.5, 0.6) is 5.75 Å². The summed E-state index contributed by atoms with van der Waals surface area (Å²) >= 11 is 6.02. The number of ether oxygens (including phenoxy) is 1. The van der Waals surface area contributed by atoms with Crippen molar-refractivity contribution in [3.63, 3.8) is 0 Å². The van der Waals surface area contributed by atoms with Crippen LogP contribution in [0.25, 0.3) is 0 Å². The third-order valence-electron chi connectivity index (χ3n) is 4.46. The second kappa shape index (κ2) is 8.27. The Morgan fingerprint density at radius 2 is 1.89 bits per heavy atom. The number of nitrogens with zero attached hydrogens (tertiary/aromatic N) is 1. The molecule has 2 aromatic carbocycles. The second-order valence-electron chi connectivity index (χ2n) is 6.39. The molecule has 8 heteroatoms. The van der Waals surface area contributed by atoms with Crippen LogP contribution in [0.2, 0.25) is 5.02 Å². The lowest BCUT2D eigenvalue weighted by atomic mass is 10.1. The summed E-state index contributed by atoms with van der Waals surface area (Å²) < 4.78 is 43.2. The number of hydrogen-bond donors (Lipinski definition) is 0. The smallest absolute Gasteiger partial charge is 0.261 e. The van der Waals surface area contributed by atoms with Gasteiger partial charge < -0.3 is 9.64 Å². The predicted octanol–water partition coefficient (Wildman–Crippen LogP) is 3.07. The van der Waals surface area contributed by atoms with Crippen molar-refractivity contribution >= 4 is 27.3 Å². The van der Waals surface area contributed by atoms with Gasteiger partial charge in [-0.05, 0) is 24.6 Å². The van der Waals surface area contributed by atoms with Gasteiger partial charge in [-0.25, -0.2) is 12.8 Å². The van der Waals surface area contributed by atoms with Crippen LogP contribution in [-0.4, -0.2) is 43.4 Å². The van der Waals surface area contributed by atoms with E-state index in [1.807, 2.05) is 0 Å². The van der Waals surface area contributed by atoms with Crippen molar-refractivity contribution in [2.75, 3.05) is 18.1 Å². The van der Waals surface area contributed by atoms with Gasteiger partial charge in [0.15, 0.2) is 16.4 Å². The van der Waals surface area contributed by atoms with Crippen LogP contribution in [0.1, 0.15) is 12.0 Å². The lowest BCUT2D eigenvalue weighted by Gasteiger charge is -2.28. The highest BCUT2D eigenvalue weighted by atomic mass is 35.5. The first-order valence-corrected chi connectivity index (χ1v) is 10.7. The Morgan fingerprint density at radius 1 is 1.19 bits per heavy atom. The predicted molar refractivity (Wildman–Crippen MR) is 101 cm³/mol. The Bertz CT molecular complexity index is 935. The number of sulfone groups is 1. The van der Waals surface area contributed by atoms with Crippen molar-refractivity contribution in [1.82, 2.24) is 4.90 Å². The number of para-hydroxylation sites is 1. The van der Waals surface area contributed by atoms with Crippen LogP contribution in [-0.2, 0) is 21.2 Å². The molecule has 0 N–H and O–H groups in total. The van der Waals surface area contributed by atoms with Gasteiger partial charge >= 0.3 is 0 Å². The van der Waals surface area contributed by atoms with Crippen LogP contribution in [0.15, 0.2) is 48.5 Å². The average Bonchev–Trinajstić information content (AvgIpc) is 2.99. The third-order valence-corrected chi connectivity index (χ3v) is 6.52. The maximum absolute atomic E-state index is 14.1. The number of amides is 1. The molecule has 2 aromatic rings. The monoisotopic (exact) mass is 411 g/mol. The number of halogens is 2. The Balaban J connectivity index is 1.77. The van der Waals surface area contributed by atoms with Gasteiger partial charge in [0.25, 0.3) is 5.91 Å². The minimum Gasteiger partial charge on any atom is -0.482 e. The first kappa shape index (κ1) is 19.6. The summed E-state index contributed by atoms with van der Waals surface area (Å²) in [6.45, 7) is -0.327. The third kappa shape index (κ3) is 4.99. The summed E-state index contributed by atoms with van der Waals surface area (Å²) in [4.78, 5) is 14.2. The first-order chi connectivity index (χ1) is 12.9. The van der Waals surface area contributed by atoms with E-state index in [-0.39, 0.29) is 24.7 Å². The summed E-state index contributed by atoms with van der Waals surface area (Å²) in [5, 5.41) is 0.370. The molecule has 1 amide bonds. The van der Waals surface area contributed by atoms with Crippen LogP contribution in [0, 0.1) is 5.82 Å². The molecule has 0 unspecified atom stereocenters. The van der Waals surface area contributed by atoms with Gasteiger partial charge in [-0.2, -0.15) is 0 Å². The van der Waals surface area contributed by atoms with Gasteiger partial charge in [-0.1, -0.05) is 41.9 Å². The van der Waals surface area contributed by atoms with Crippen molar-refractivity contribution < 1.29 is 22.3 Å². The number of benzene rings is 2. The minimum atomic E-state index is -3.20. The van der Waals surface area contributed by atoms with E-state index in [0.717, 1.165) is 0 Å². The quantitative estimate of drug-likeness (QED) is 0.732. The highest BCUT2D eigenvalue weighted by Crippen LogP contribution is 2.24. The van der Waals surface area contributed by atoms with E-state index in [2.05, 4.69) is 0 Å². The van der Waals surface area contributed by atoms with Crippen molar-refractivity contribution in [3.05, 3.63) is 64.9 Å². The molecule has 1 atom stereocenters. The molecule has 0 bridgehead atoms. The molecule has 0 aromatic heterocycles. The molecule has 5 nitrogen and oxygen atoms in total. The molecule has 0 radical (unpaired) electrons. The van der Waals surface area contributed by atoms with E-state index in [4.69, 9.17) is 16.3 Å². The molecule has 1 aliphatic rings. The lowest BCUT2D eigenvalue weighted by molar-refractivity contribution is -0.136. The fourth-order valence-electron chi connectivity index (χ4n) is 3.04. The van der Waals surface area contributed by atoms with Gasteiger partial charge in [-0.15, -0.1) is 0 Å². The SMILES string of the molecule is O=C(COc1ccccc1Cl)N(Cc1ccccc1F)[C@H]1CCS(=O)(=O)C1. The highest BCUT2D eigenvalue weighted by Gasteiger charge is 2.35. The van der Waals surface area contributed by atoms with Crippen molar-refractivity contribution in [3.8, 4) is 5.75 Å². The number of rotatable bonds is 6. The zero-order chi connectivity index (χ0) is 19.4. The maximum atomic E-state index is 14.1. The summed E-state index contributed by atoms with van der Waals surface area (Å²) in [6, 6.07) is 12.4. The molecule has 1 heterocycles. The molecule has 1 fully saturated rings. The molecule has 27 heavy (non-hydrogen) atoms. The minimum absolute atomic E-state index is 0.0163. The molecule has 0 saturated carbocycles. The summed E-state index contributed by atoms with van der Waals surface area (Å²) in [7, 11) is -3.20. The van der Waals surface area contributed by atoms with Gasteiger partial charge in [0, 0.05) is 18.2 Å². The molecule has 3 rings (SSSR count). The largest absolute Gasteiger partial charge is 0.482 e. The van der Waals surface area contributed by atoms with E-state index in [9.17, 15) is 17.6 Å². The first-order valence-electron chi connectivity index (χ1n) is 8.46. The van der Waals surface area contributed by atoms with Crippen molar-refractivity contribution in [2.45, 2.75) is 19.0 Å². The average molecular weight is 412 g/mol. The molecule has 0 aliphatic carbocycles. The van der Waals surface area contributed by atoms with Crippen LogP contribution in [0.4, 0.5) is 4.39 Å². The Hall–Kier alpha value is -2.12. The molecular formula is C19H19ClFNO4S. The second-order valence-corrected chi connectivity index (χ2v) is 9.02. The van der Waals surface area contributed by atoms with Gasteiger partial charge in [0.05, 0.1) is 16.5 Å². The molecule has 1 aliphatic heterocycles. The fraction of sp³-hybridized carbons (Fsp3) is 0.316. The van der Waals surface area contributed by atoms with Crippen LogP contribution in [0.3, 0.4) is 0 Å². The van der Waals surface area contributed by atoms with Crippen LogP contribution >= 0.6 is 11.6 Å². The van der Waals surface area contributed by atoms with E-state index in [1.165, 1.54) is 11.0 Å². The Labute approximate surface area is 162 Å². The molecule has 144 valence electrons. The number of carbonyl (C=O) groups excluding carboxylic acids is 1. The number of hydrogen-bond acceptors (Lipinski definition) is 4. The Morgan fingerprint density at radius 3 is 2.56 bits per heavy atom. The lowest BCUT2D eigenvalue weighted by Crippen LogP contribution is -2.43. The van der Waals surface area contributed by atoms with E-state index in [0.29, 0.717) is 22.8 Å². The van der Waals surface area contributed by atoms with E-state index >= 15 is 0 Å². The van der Waals surface area contributed by atoms with Crippen molar-refractivity contribution in [2.24, 2.45) is 0 Å². The molecule has 0 spiro atoms. The van der Waals surface area contributed by atoms with Gasteiger partial charge in [0.2, 0.25) is 0 Å². The standard InChI is InChI=1S/C19H19ClFNO4S/c20-16-6-2-4-8-18(16)26-12-19(23)22(15-9-10-27(24,25)13-15)11-14-5-1-3-7-17(14)21/h1-8,15H,9-13H2/t15-/m0/s1. The topological polar surface area (TPSA) is 63.7 Å². The fourth-order valence-corrected chi connectivity index (χ4v) is 4.96. The molecular weight excluding hydrogens is 393 g/mol. The number of carbonyl (C=O) groups is 1. The Kier molecular flexibility index (Phi) is 6.01. The summed E-state index contributed by atoms with van der Waals surface area (Å²) in [5.74, 6) is -0.607. The zero-order valence-electron chi connectivity index (χ0n) is 14.5. The zero-order valence-corrected chi connectivity index (χ0v) is 16.0. The maximum Gasteiger partial charge on any atom is 0.261 e. The van der Waals surface area contributed by atoms with Gasteiger partial charge in [-0.3, -0.25) is 4.79 Å². The summed E-state index contributed by atoms with van der Waals surface area (Å²) in [6.07, 6.45) is 0.328. The van der Waals surface area contributed by atoms with E-state index in [1.54, 1.807) is 42.5 Å². The van der Waals surface area contributed by atoms with E-state index < -0.39 is 27.6 Å². The molecule has 1 saturated heterocycles. The van der Waals surface area contributed by atoms with Gasteiger partial charge in [0.1, 0.15) is 11.6 Å². The normalized spacial score (nSPS) is 18.2. The highest BCUT2D eigenvalue weighted by molar-refractivity contribution is 7.91. The summed E-state index contributed by atoms with van der Waals surface area (Å²) in [5.41, 5.74) is 0.327.